The van der Waals surface area contributed by atoms with Crippen LogP contribution in [0.4, 0.5) is 0 Å². The average Bonchev–Trinajstić information content (AvgIpc) is 2.83. The molecule has 0 atom stereocenters. The molecule has 5 heteroatoms. The van der Waals surface area contributed by atoms with Crippen molar-refractivity contribution in [3.05, 3.63) is 30.1 Å². The van der Waals surface area contributed by atoms with Crippen LogP contribution in [0.25, 0.3) is 11.0 Å². The van der Waals surface area contributed by atoms with Gasteiger partial charge in [0.25, 0.3) is 0 Å². The largest absolute Gasteiger partial charge is 0.356 e. The molecular weight excluding hydrogens is 262 g/mol. The summed E-state index contributed by atoms with van der Waals surface area (Å²) >= 11 is 0. The van der Waals surface area contributed by atoms with Crippen LogP contribution < -0.4 is 10.6 Å². The van der Waals surface area contributed by atoms with Crippen molar-refractivity contribution < 1.29 is 0 Å². The van der Waals surface area contributed by atoms with Gasteiger partial charge in [0, 0.05) is 25.6 Å². The highest BCUT2D eigenvalue weighted by Crippen LogP contribution is 2.11. The minimum atomic E-state index is 0.0145. The van der Waals surface area contributed by atoms with Crippen molar-refractivity contribution in [2.75, 3.05) is 13.6 Å². The molecule has 2 rings (SSSR count). The molecule has 0 unspecified atom stereocenters. The molecule has 0 amide bonds. The summed E-state index contributed by atoms with van der Waals surface area (Å²) in [5.41, 5.74) is 2.15. The van der Waals surface area contributed by atoms with Gasteiger partial charge < -0.3 is 15.6 Å². The molecule has 0 radical (unpaired) electrons. The maximum Gasteiger partial charge on any atom is 0.191 e. The number of fused-ring (bicyclic) bond motifs is 1. The van der Waals surface area contributed by atoms with Crippen molar-refractivity contribution in [3.8, 4) is 0 Å². The molecule has 0 fully saturated rings. The SMILES string of the molecule is CN=C(NCCCc1nc2ccccc2[nH]1)NC(C)(C)C. The third kappa shape index (κ3) is 4.77. The monoisotopic (exact) mass is 287 g/mol. The molecule has 1 heterocycles. The molecule has 0 aliphatic rings. The highest BCUT2D eigenvalue weighted by atomic mass is 15.2. The zero-order valence-corrected chi connectivity index (χ0v) is 13.3. The predicted octanol–water partition coefficient (Wildman–Crippen LogP) is 2.46. The number of nitrogens with zero attached hydrogens (tertiary/aromatic N) is 2. The number of guanidine groups is 1. The molecule has 0 aliphatic carbocycles. The van der Waals surface area contributed by atoms with Crippen molar-refractivity contribution in [3.63, 3.8) is 0 Å². The number of nitrogens with one attached hydrogen (secondary N) is 3. The van der Waals surface area contributed by atoms with Crippen LogP contribution in [-0.2, 0) is 6.42 Å². The van der Waals surface area contributed by atoms with Gasteiger partial charge in [-0.3, -0.25) is 4.99 Å². The topological polar surface area (TPSA) is 65.1 Å². The molecule has 0 bridgehead atoms. The van der Waals surface area contributed by atoms with Crippen LogP contribution in [0.2, 0.25) is 0 Å². The molecule has 0 spiro atoms. The van der Waals surface area contributed by atoms with Crippen molar-refractivity contribution in [1.29, 1.82) is 0 Å². The van der Waals surface area contributed by atoms with Gasteiger partial charge in [0.05, 0.1) is 11.0 Å². The van der Waals surface area contributed by atoms with Crippen LogP contribution >= 0.6 is 0 Å². The third-order valence-electron chi connectivity index (χ3n) is 3.04. The van der Waals surface area contributed by atoms with Crippen LogP contribution in [0, 0.1) is 0 Å². The van der Waals surface area contributed by atoms with Gasteiger partial charge in [0.1, 0.15) is 5.82 Å². The number of hydrogen-bond acceptors (Lipinski definition) is 2. The van der Waals surface area contributed by atoms with E-state index in [2.05, 4.69) is 52.4 Å². The van der Waals surface area contributed by atoms with Crippen LogP contribution in [0.1, 0.15) is 33.0 Å². The van der Waals surface area contributed by atoms with E-state index in [4.69, 9.17) is 0 Å². The summed E-state index contributed by atoms with van der Waals surface area (Å²) in [7, 11) is 1.79. The first kappa shape index (κ1) is 15.4. The van der Waals surface area contributed by atoms with E-state index in [1.807, 2.05) is 18.2 Å². The number of rotatable bonds is 4. The minimum Gasteiger partial charge on any atom is -0.356 e. The number of aromatic amines is 1. The van der Waals surface area contributed by atoms with E-state index in [1.54, 1.807) is 7.05 Å². The quantitative estimate of drug-likeness (QED) is 0.460. The minimum absolute atomic E-state index is 0.0145. The Morgan fingerprint density at radius 2 is 2.05 bits per heavy atom. The number of aromatic nitrogens is 2. The molecule has 114 valence electrons. The first-order valence-corrected chi connectivity index (χ1v) is 7.40. The van der Waals surface area contributed by atoms with Crippen molar-refractivity contribution in [2.24, 2.45) is 4.99 Å². The average molecular weight is 287 g/mol. The Morgan fingerprint density at radius 3 is 2.71 bits per heavy atom. The summed E-state index contributed by atoms with van der Waals surface area (Å²) in [5, 5.41) is 6.67. The highest BCUT2D eigenvalue weighted by Gasteiger charge is 2.11. The normalized spacial score (nSPS) is 12.7. The predicted molar refractivity (Wildman–Crippen MR) is 88.7 cm³/mol. The number of aliphatic imine (C=N–C) groups is 1. The van der Waals surface area contributed by atoms with Crippen LogP contribution in [0.15, 0.2) is 29.3 Å². The van der Waals surface area contributed by atoms with Gasteiger partial charge >= 0.3 is 0 Å². The Balaban J connectivity index is 1.79. The van der Waals surface area contributed by atoms with Crippen molar-refractivity contribution in [1.82, 2.24) is 20.6 Å². The highest BCUT2D eigenvalue weighted by molar-refractivity contribution is 5.80. The number of aryl methyl sites for hydroxylation is 1. The maximum absolute atomic E-state index is 4.58. The third-order valence-corrected chi connectivity index (χ3v) is 3.04. The first-order valence-electron chi connectivity index (χ1n) is 7.40. The van der Waals surface area contributed by atoms with Gasteiger partial charge in [-0.1, -0.05) is 12.1 Å². The second kappa shape index (κ2) is 6.61. The summed E-state index contributed by atoms with van der Waals surface area (Å²) in [5.74, 6) is 1.88. The number of benzene rings is 1. The summed E-state index contributed by atoms with van der Waals surface area (Å²) in [6.45, 7) is 7.23. The molecule has 1 aromatic carbocycles. The fourth-order valence-corrected chi connectivity index (χ4v) is 2.12. The molecule has 1 aromatic heterocycles. The number of para-hydroxylation sites is 2. The Kier molecular flexibility index (Phi) is 4.83. The summed E-state index contributed by atoms with van der Waals surface area (Å²) in [6, 6.07) is 8.12. The van der Waals surface area contributed by atoms with Gasteiger partial charge in [0.2, 0.25) is 0 Å². The Hall–Kier alpha value is -2.04. The van der Waals surface area contributed by atoms with E-state index >= 15 is 0 Å². The number of hydrogen-bond donors (Lipinski definition) is 3. The summed E-state index contributed by atoms with van der Waals surface area (Å²) < 4.78 is 0. The van der Waals surface area contributed by atoms with Crippen LogP contribution in [0.5, 0.6) is 0 Å². The van der Waals surface area contributed by atoms with E-state index in [9.17, 15) is 0 Å². The lowest BCUT2D eigenvalue weighted by molar-refractivity contribution is 0.501. The van der Waals surface area contributed by atoms with Crippen LogP contribution in [-0.4, -0.2) is 35.1 Å². The number of H-pyrrole nitrogens is 1. The van der Waals surface area contributed by atoms with Crippen molar-refractivity contribution in [2.45, 2.75) is 39.2 Å². The second-order valence-corrected chi connectivity index (χ2v) is 6.18. The Morgan fingerprint density at radius 1 is 1.29 bits per heavy atom. The first-order chi connectivity index (χ1) is 9.98. The zero-order chi connectivity index (χ0) is 15.3. The van der Waals surface area contributed by atoms with Crippen LogP contribution in [0.3, 0.4) is 0 Å². The Labute approximate surface area is 126 Å². The molecule has 2 aromatic rings. The fourth-order valence-electron chi connectivity index (χ4n) is 2.12. The van der Waals surface area contributed by atoms with Gasteiger partial charge in [-0.05, 0) is 39.3 Å². The van der Waals surface area contributed by atoms with E-state index in [-0.39, 0.29) is 5.54 Å². The fraction of sp³-hybridized carbons (Fsp3) is 0.500. The smallest absolute Gasteiger partial charge is 0.191 e. The molecule has 0 saturated carbocycles. The lowest BCUT2D eigenvalue weighted by Gasteiger charge is -2.23. The number of imidazole rings is 1. The van der Waals surface area contributed by atoms with Crippen molar-refractivity contribution >= 4 is 17.0 Å². The van der Waals surface area contributed by atoms with Gasteiger partial charge in [-0.2, -0.15) is 0 Å². The summed E-state index contributed by atoms with van der Waals surface area (Å²) in [4.78, 5) is 12.2. The molecule has 3 N–H and O–H groups in total. The van der Waals surface area contributed by atoms with Gasteiger partial charge in [-0.25, -0.2) is 4.98 Å². The second-order valence-electron chi connectivity index (χ2n) is 6.18. The lowest BCUT2D eigenvalue weighted by atomic mass is 10.1. The zero-order valence-electron chi connectivity index (χ0n) is 13.3. The molecule has 0 saturated heterocycles. The maximum atomic E-state index is 4.58. The van der Waals surface area contributed by atoms with E-state index < -0.39 is 0 Å². The van der Waals surface area contributed by atoms with E-state index in [0.29, 0.717) is 0 Å². The molecule has 21 heavy (non-hydrogen) atoms. The standard InChI is InChI=1S/C16H25N5/c1-16(2,3)21-15(17-4)18-11-7-10-14-19-12-8-5-6-9-13(12)20-14/h5-6,8-9H,7,10-11H2,1-4H3,(H,19,20)(H2,17,18,21). The lowest BCUT2D eigenvalue weighted by Crippen LogP contribution is -2.47. The molecule has 0 aliphatic heterocycles. The summed E-state index contributed by atoms with van der Waals surface area (Å²) in [6.07, 6.45) is 1.93. The Bertz CT molecular complexity index is 573. The van der Waals surface area contributed by atoms with E-state index in [0.717, 1.165) is 42.2 Å². The molecule has 5 nitrogen and oxygen atoms in total. The molecular formula is C16H25N5. The van der Waals surface area contributed by atoms with Gasteiger partial charge in [0.15, 0.2) is 5.96 Å². The van der Waals surface area contributed by atoms with Gasteiger partial charge in [-0.15, -0.1) is 0 Å². The van der Waals surface area contributed by atoms with E-state index in [1.165, 1.54) is 0 Å².